The molecule has 0 unspecified atom stereocenters. The van der Waals surface area contributed by atoms with Crippen LogP contribution in [0.1, 0.15) is 24.7 Å². The van der Waals surface area contributed by atoms with Crippen molar-refractivity contribution in [3.8, 4) is 5.75 Å². The van der Waals surface area contributed by atoms with Gasteiger partial charge in [-0.25, -0.2) is 9.97 Å². The summed E-state index contributed by atoms with van der Waals surface area (Å²) < 4.78 is 6.05. The Morgan fingerprint density at radius 1 is 1.19 bits per heavy atom. The van der Waals surface area contributed by atoms with Gasteiger partial charge in [-0.3, -0.25) is 0 Å². The maximum absolute atomic E-state index is 5.23. The smallest absolute Gasteiger partial charge is 0.132 e. The van der Waals surface area contributed by atoms with Gasteiger partial charge in [-0.05, 0) is 46.5 Å². The van der Waals surface area contributed by atoms with E-state index in [-0.39, 0.29) is 0 Å². The fourth-order valence-electron chi connectivity index (χ4n) is 2.05. The average molecular weight is 350 g/mol. The summed E-state index contributed by atoms with van der Waals surface area (Å²) in [5.74, 6) is 2.63. The van der Waals surface area contributed by atoms with E-state index in [1.165, 1.54) is 5.56 Å². The van der Waals surface area contributed by atoms with Gasteiger partial charge in [0, 0.05) is 19.0 Å². The van der Waals surface area contributed by atoms with Crippen LogP contribution in [0.3, 0.4) is 0 Å². The largest absolute Gasteiger partial charge is 0.497 e. The lowest BCUT2D eigenvalue weighted by atomic mass is 10.1. The first-order valence-corrected chi connectivity index (χ1v) is 7.91. The van der Waals surface area contributed by atoms with Gasteiger partial charge in [0.05, 0.1) is 7.11 Å². The van der Waals surface area contributed by atoms with E-state index in [1.807, 2.05) is 18.2 Å². The molecule has 0 saturated heterocycles. The summed E-state index contributed by atoms with van der Waals surface area (Å²) in [5.41, 5.74) is 1.24. The number of aryl methyl sites for hydroxylation is 1. The van der Waals surface area contributed by atoms with Crippen molar-refractivity contribution in [3.05, 3.63) is 46.3 Å². The van der Waals surface area contributed by atoms with Crippen LogP contribution in [0.15, 0.2) is 34.9 Å². The Hall–Kier alpha value is -1.62. The van der Waals surface area contributed by atoms with Crippen LogP contribution in [-0.4, -0.2) is 23.6 Å². The third-order valence-electron chi connectivity index (χ3n) is 3.07. The van der Waals surface area contributed by atoms with E-state index in [4.69, 9.17) is 4.74 Å². The van der Waals surface area contributed by atoms with E-state index >= 15 is 0 Å². The van der Waals surface area contributed by atoms with E-state index < -0.39 is 0 Å². The van der Waals surface area contributed by atoms with Crippen LogP contribution < -0.4 is 10.1 Å². The van der Waals surface area contributed by atoms with Gasteiger partial charge in [-0.1, -0.05) is 19.1 Å². The molecule has 0 bridgehead atoms. The zero-order valence-corrected chi connectivity index (χ0v) is 14.0. The number of aromatic nitrogens is 2. The van der Waals surface area contributed by atoms with Crippen LogP contribution in [-0.2, 0) is 12.8 Å². The molecule has 0 spiro atoms. The molecule has 2 aromatic rings. The summed E-state index contributed by atoms with van der Waals surface area (Å²) in [4.78, 5) is 8.87. The number of hydrogen-bond acceptors (Lipinski definition) is 4. The van der Waals surface area contributed by atoms with Crippen molar-refractivity contribution in [2.24, 2.45) is 0 Å². The molecule has 1 N–H and O–H groups in total. The zero-order valence-electron chi connectivity index (χ0n) is 12.4. The van der Waals surface area contributed by atoms with E-state index in [0.29, 0.717) is 0 Å². The highest BCUT2D eigenvalue weighted by Gasteiger charge is 2.02. The molecule has 0 amide bonds. The number of benzene rings is 1. The highest BCUT2D eigenvalue weighted by molar-refractivity contribution is 9.10. The van der Waals surface area contributed by atoms with Crippen LogP contribution in [0, 0.1) is 0 Å². The van der Waals surface area contributed by atoms with Gasteiger partial charge in [0.25, 0.3) is 0 Å². The van der Waals surface area contributed by atoms with Crippen molar-refractivity contribution < 1.29 is 4.74 Å². The Kier molecular flexibility index (Phi) is 5.99. The number of anilines is 1. The average Bonchev–Trinajstić information content (AvgIpc) is 2.47. The minimum Gasteiger partial charge on any atom is -0.497 e. The van der Waals surface area contributed by atoms with Crippen LogP contribution in [0.25, 0.3) is 0 Å². The second-order valence-electron chi connectivity index (χ2n) is 4.77. The van der Waals surface area contributed by atoms with Crippen LogP contribution in [0.4, 0.5) is 5.82 Å². The van der Waals surface area contributed by atoms with Crippen LogP contribution in [0.5, 0.6) is 5.75 Å². The van der Waals surface area contributed by atoms with Crippen molar-refractivity contribution in [1.29, 1.82) is 0 Å². The molecule has 1 aromatic heterocycles. The fourth-order valence-corrected chi connectivity index (χ4v) is 2.48. The quantitative estimate of drug-likeness (QED) is 0.771. The Balaban J connectivity index is 1.93. The highest BCUT2D eigenvalue weighted by Crippen LogP contribution is 2.15. The number of nitrogens with one attached hydrogen (secondary N) is 1. The van der Waals surface area contributed by atoms with Gasteiger partial charge in [-0.15, -0.1) is 0 Å². The molecule has 0 aliphatic carbocycles. The molecule has 1 heterocycles. The molecule has 0 radical (unpaired) electrons. The third kappa shape index (κ3) is 5.01. The number of methoxy groups -OCH3 is 1. The topological polar surface area (TPSA) is 47.0 Å². The number of halogens is 1. The molecule has 21 heavy (non-hydrogen) atoms. The Labute approximate surface area is 134 Å². The summed E-state index contributed by atoms with van der Waals surface area (Å²) in [6, 6.07) is 10.0. The Morgan fingerprint density at radius 2 is 2.05 bits per heavy atom. The molecule has 1 aromatic carbocycles. The molecular weight excluding hydrogens is 330 g/mol. The van der Waals surface area contributed by atoms with Crippen LogP contribution >= 0.6 is 15.9 Å². The van der Waals surface area contributed by atoms with E-state index in [9.17, 15) is 0 Å². The Morgan fingerprint density at radius 3 is 2.81 bits per heavy atom. The van der Waals surface area contributed by atoms with E-state index in [2.05, 4.69) is 50.3 Å². The second-order valence-corrected chi connectivity index (χ2v) is 5.58. The molecule has 0 fully saturated rings. The molecular formula is C16H20BrN3O. The van der Waals surface area contributed by atoms with Gasteiger partial charge in [0.15, 0.2) is 0 Å². The summed E-state index contributed by atoms with van der Waals surface area (Å²) in [7, 11) is 1.69. The Bertz CT molecular complexity index is 589. The normalized spacial score (nSPS) is 10.4. The van der Waals surface area contributed by atoms with Crippen molar-refractivity contribution in [2.45, 2.75) is 26.2 Å². The minimum atomic E-state index is 0.822. The lowest BCUT2D eigenvalue weighted by Crippen LogP contribution is -2.08. The molecule has 0 aliphatic rings. The summed E-state index contributed by atoms with van der Waals surface area (Å²) in [6.07, 6.45) is 2.85. The SMILES string of the molecule is CCCc1nc(Br)cc(NCCc2cccc(OC)c2)n1. The first-order chi connectivity index (χ1) is 10.2. The zero-order chi connectivity index (χ0) is 15.1. The van der Waals surface area contributed by atoms with Gasteiger partial charge in [0.2, 0.25) is 0 Å². The molecule has 0 saturated carbocycles. The predicted molar refractivity (Wildman–Crippen MR) is 88.9 cm³/mol. The predicted octanol–water partition coefficient (Wildman–Crippen LogP) is 3.85. The molecule has 0 aliphatic heterocycles. The van der Waals surface area contributed by atoms with Gasteiger partial charge >= 0.3 is 0 Å². The standard InChI is InChI=1S/C16H20BrN3O/c1-3-5-15-19-14(17)11-16(20-15)18-9-8-12-6-4-7-13(10-12)21-2/h4,6-7,10-11H,3,5,8-9H2,1-2H3,(H,18,19,20). The first kappa shape index (κ1) is 15.8. The fraction of sp³-hybridized carbons (Fsp3) is 0.375. The summed E-state index contributed by atoms with van der Waals surface area (Å²) in [5, 5.41) is 3.35. The van der Waals surface area contributed by atoms with Crippen LogP contribution in [0.2, 0.25) is 0 Å². The lowest BCUT2D eigenvalue weighted by molar-refractivity contribution is 0.414. The number of ether oxygens (including phenoxy) is 1. The van der Waals surface area contributed by atoms with Gasteiger partial charge < -0.3 is 10.1 Å². The maximum atomic E-state index is 5.23. The molecule has 0 atom stereocenters. The molecule has 2 rings (SSSR count). The van der Waals surface area contributed by atoms with Crippen molar-refractivity contribution in [1.82, 2.24) is 9.97 Å². The van der Waals surface area contributed by atoms with Gasteiger partial charge in [-0.2, -0.15) is 0 Å². The number of nitrogens with zero attached hydrogens (tertiary/aromatic N) is 2. The number of rotatable bonds is 7. The summed E-state index contributed by atoms with van der Waals surface area (Å²) in [6.45, 7) is 2.95. The maximum Gasteiger partial charge on any atom is 0.132 e. The van der Waals surface area contributed by atoms with Crippen molar-refractivity contribution in [3.63, 3.8) is 0 Å². The van der Waals surface area contributed by atoms with Gasteiger partial charge in [0.1, 0.15) is 22.0 Å². The molecule has 5 heteroatoms. The van der Waals surface area contributed by atoms with E-state index in [0.717, 1.165) is 47.8 Å². The highest BCUT2D eigenvalue weighted by atomic mass is 79.9. The third-order valence-corrected chi connectivity index (χ3v) is 3.47. The lowest BCUT2D eigenvalue weighted by Gasteiger charge is -2.08. The van der Waals surface area contributed by atoms with Crippen molar-refractivity contribution >= 4 is 21.7 Å². The van der Waals surface area contributed by atoms with E-state index in [1.54, 1.807) is 7.11 Å². The molecule has 4 nitrogen and oxygen atoms in total. The number of hydrogen-bond donors (Lipinski definition) is 1. The second kappa shape index (κ2) is 7.98. The summed E-state index contributed by atoms with van der Waals surface area (Å²) >= 11 is 3.43. The first-order valence-electron chi connectivity index (χ1n) is 7.11. The monoisotopic (exact) mass is 349 g/mol. The molecule has 112 valence electrons. The van der Waals surface area contributed by atoms with Crippen molar-refractivity contribution in [2.75, 3.05) is 19.0 Å². The minimum absolute atomic E-state index is 0.822.